The lowest BCUT2D eigenvalue weighted by atomic mass is 10.0. The Morgan fingerprint density at radius 1 is 1.05 bits per heavy atom. The molecule has 0 saturated carbocycles. The van der Waals surface area contributed by atoms with Crippen LogP contribution in [0.15, 0.2) is 48.5 Å². The molecule has 1 aliphatic rings. The number of aryl methyl sites for hydroxylation is 1. The van der Waals surface area contributed by atoms with Gasteiger partial charge in [-0.1, -0.05) is 44.2 Å². The van der Waals surface area contributed by atoms with Gasteiger partial charge in [0.2, 0.25) is 17.7 Å². The third kappa shape index (κ3) is 11.1. The molecule has 2 aromatic rings. The van der Waals surface area contributed by atoms with Crippen molar-refractivity contribution in [2.75, 3.05) is 33.3 Å². The van der Waals surface area contributed by atoms with Crippen LogP contribution in [0.5, 0.6) is 5.75 Å². The van der Waals surface area contributed by atoms with Gasteiger partial charge in [0.05, 0.1) is 24.8 Å². The van der Waals surface area contributed by atoms with Crippen LogP contribution in [0.1, 0.15) is 31.9 Å². The number of hydrogen-bond acceptors (Lipinski definition) is 7. The van der Waals surface area contributed by atoms with E-state index < -0.39 is 36.1 Å². The fourth-order valence-electron chi connectivity index (χ4n) is 4.37. The van der Waals surface area contributed by atoms with E-state index in [1.54, 1.807) is 12.1 Å². The molecule has 5 N–H and O–H groups in total. The fraction of sp³-hybridized carbons (Fsp3) is 0.500. The molecule has 226 valence electrons. The number of amides is 3. The van der Waals surface area contributed by atoms with E-state index in [2.05, 4.69) is 16.0 Å². The third-order valence-corrected chi connectivity index (χ3v) is 6.51. The van der Waals surface area contributed by atoms with E-state index in [9.17, 15) is 29.0 Å². The fourth-order valence-corrected chi connectivity index (χ4v) is 4.37. The van der Waals surface area contributed by atoms with Crippen molar-refractivity contribution in [3.05, 3.63) is 65.5 Å². The lowest BCUT2D eigenvalue weighted by Gasteiger charge is -2.33. The minimum atomic E-state index is -1.17. The van der Waals surface area contributed by atoms with E-state index in [0.717, 1.165) is 11.1 Å². The van der Waals surface area contributed by atoms with E-state index in [0.29, 0.717) is 12.3 Å². The number of β-amino-alcohol motifs (C(OH)–C–C–N with tert-alkyl or cyclic N) is 1. The smallest absolute Gasteiger partial charge is 0.245 e. The number of aliphatic hydroxyl groups excluding tert-OH is 2. The second-order valence-corrected chi connectivity index (χ2v) is 10.4. The molecule has 1 heterocycles. The second-order valence-electron chi connectivity index (χ2n) is 10.4. The van der Waals surface area contributed by atoms with E-state index >= 15 is 0 Å². The number of para-hydroxylation sites is 1. The van der Waals surface area contributed by atoms with Gasteiger partial charge in [0.1, 0.15) is 24.2 Å². The number of halogens is 1. The minimum absolute atomic E-state index is 0.00111. The molecule has 3 amide bonds. The number of hydrogen-bond donors (Lipinski definition) is 5. The summed E-state index contributed by atoms with van der Waals surface area (Å²) < 4.78 is 18.0. The van der Waals surface area contributed by atoms with Gasteiger partial charge in [0.15, 0.2) is 0 Å². The van der Waals surface area contributed by atoms with Crippen molar-refractivity contribution in [2.24, 2.45) is 5.92 Å². The summed E-state index contributed by atoms with van der Waals surface area (Å²) in [5.74, 6) is -1.11. The number of likely N-dealkylation sites (N-methyl/N-ethyl adjacent to an activating group) is 1. The van der Waals surface area contributed by atoms with E-state index in [1.165, 1.54) is 31.0 Å². The average molecular weight is 575 g/mol. The lowest BCUT2D eigenvalue weighted by molar-refractivity contribution is -0.145. The molecule has 41 heavy (non-hydrogen) atoms. The Hall–Kier alpha value is -3.54. The van der Waals surface area contributed by atoms with Gasteiger partial charge < -0.3 is 35.8 Å². The van der Waals surface area contributed by atoms with E-state index in [1.807, 2.05) is 45.0 Å². The zero-order valence-corrected chi connectivity index (χ0v) is 24.4. The van der Waals surface area contributed by atoms with Crippen molar-refractivity contribution >= 4 is 17.7 Å². The zero-order chi connectivity index (χ0) is 30.5. The quantitative estimate of drug-likeness (QED) is 0.363. The summed E-state index contributed by atoms with van der Waals surface area (Å²) >= 11 is 0. The molecule has 4 unspecified atom stereocenters. The molecule has 0 saturated heterocycles. The Morgan fingerprint density at radius 2 is 1.76 bits per heavy atom. The molecule has 0 aromatic heterocycles. The summed E-state index contributed by atoms with van der Waals surface area (Å²) in [4.78, 5) is 39.2. The number of benzene rings is 2. The van der Waals surface area contributed by atoms with Crippen molar-refractivity contribution < 1.29 is 33.7 Å². The standard InChI is InChI=1S/C23H36N4O6.C7H7F/c1-14(2)20-23(32)27(4)21(15(3)28)22(31)26-13-19(30)25-12-17(29)11-16-7-5-6-8-18(16)33-10-9-24-20;1-6-3-2-4-7(8)5-6/h5-8,14-15,17,20-21,24,28-29H,9-13H2,1-4H3,(H,25,30)(H,26,31);2-5H,1H3. The molecule has 11 heteroatoms. The number of rotatable bonds is 2. The van der Waals surface area contributed by atoms with E-state index in [-0.39, 0.29) is 43.8 Å². The third-order valence-electron chi connectivity index (χ3n) is 6.51. The largest absolute Gasteiger partial charge is 0.492 e. The number of ether oxygens (including phenoxy) is 1. The molecule has 0 spiro atoms. The van der Waals surface area contributed by atoms with Gasteiger partial charge in [0.25, 0.3) is 0 Å². The molecule has 1 aliphatic heterocycles. The van der Waals surface area contributed by atoms with E-state index in [4.69, 9.17) is 4.74 Å². The summed E-state index contributed by atoms with van der Waals surface area (Å²) in [6.07, 6.45) is -1.72. The highest BCUT2D eigenvalue weighted by molar-refractivity contribution is 5.92. The maximum absolute atomic E-state index is 13.2. The van der Waals surface area contributed by atoms with Gasteiger partial charge in [-0.2, -0.15) is 0 Å². The van der Waals surface area contributed by atoms with Crippen molar-refractivity contribution in [1.82, 2.24) is 20.9 Å². The first-order chi connectivity index (χ1) is 19.4. The number of carbonyl (C=O) groups excluding carboxylic acids is 3. The maximum atomic E-state index is 13.2. The Kier molecular flexibility index (Phi) is 13.7. The van der Waals surface area contributed by atoms with Crippen LogP contribution in [-0.2, 0) is 20.8 Å². The number of nitrogens with one attached hydrogen (secondary N) is 3. The van der Waals surface area contributed by atoms with Crippen molar-refractivity contribution in [3.8, 4) is 5.75 Å². The van der Waals surface area contributed by atoms with Crippen LogP contribution in [0.25, 0.3) is 0 Å². The lowest BCUT2D eigenvalue weighted by Crippen LogP contribution is -2.59. The van der Waals surface area contributed by atoms with Gasteiger partial charge >= 0.3 is 0 Å². The summed E-state index contributed by atoms with van der Waals surface area (Å²) in [5, 5.41) is 28.8. The first-order valence-corrected chi connectivity index (χ1v) is 13.7. The monoisotopic (exact) mass is 574 g/mol. The Bertz CT molecular complexity index is 1130. The Balaban J connectivity index is 0.000000629. The summed E-state index contributed by atoms with van der Waals surface area (Å²) in [7, 11) is 1.46. The van der Waals surface area contributed by atoms with Crippen LogP contribution in [0.2, 0.25) is 0 Å². The summed E-state index contributed by atoms with van der Waals surface area (Å²) in [6.45, 7) is 7.36. The Morgan fingerprint density at radius 3 is 2.37 bits per heavy atom. The highest BCUT2D eigenvalue weighted by atomic mass is 19.1. The second kappa shape index (κ2) is 16.7. The van der Waals surface area contributed by atoms with Crippen molar-refractivity contribution in [3.63, 3.8) is 0 Å². The first-order valence-electron chi connectivity index (χ1n) is 13.7. The van der Waals surface area contributed by atoms with Gasteiger partial charge in [-0.3, -0.25) is 14.4 Å². The molecule has 3 rings (SSSR count). The normalized spacial score (nSPS) is 22.1. The molecular weight excluding hydrogens is 531 g/mol. The highest BCUT2D eigenvalue weighted by Gasteiger charge is 2.35. The first kappa shape index (κ1) is 33.7. The van der Waals surface area contributed by atoms with Gasteiger partial charge in [-0.05, 0) is 49.1 Å². The summed E-state index contributed by atoms with van der Waals surface area (Å²) in [6, 6.07) is 12.1. The molecule has 2 aromatic carbocycles. The number of aliphatic hydroxyl groups is 2. The van der Waals surface area contributed by atoms with Crippen LogP contribution in [-0.4, -0.2) is 90.4 Å². The number of carbonyl (C=O) groups is 3. The van der Waals surface area contributed by atoms with Gasteiger partial charge in [-0.25, -0.2) is 4.39 Å². The predicted octanol–water partition coefficient (Wildman–Crippen LogP) is 1.17. The average Bonchev–Trinajstić information content (AvgIpc) is 2.90. The Labute approximate surface area is 241 Å². The number of nitrogens with zero attached hydrogens (tertiary/aromatic N) is 1. The molecule has 0 aliphatic carbocycles. The highest BCUT2D eigenvalue weighted by Crippen LogP contribution is 2.20. The molecular formula is C30H43FN4O6. The molecule has 10 nitrogen and oxygen atoms in total. The summed E-state index contributed by atoms with van der Waals surface area (Å²) in [5.41, 5.74) is 1.76. The van der Waals surface area contributed by atoms with Crippen LogP contribution in [0.4, 0.5) is 4.39 Å². The van der Waals surface area contributed by atoms with Crippen LogP contribution in [0, 0.1) is 18.7 Å². The molecule has 0 bridgehead atoms. The molecule has 0 radical (unpaired) electrons. The number of fused-ring (bicyclic) bond motifs is 1. The van der Waals surface area contributed by atoms with Gasteiger partial charge in [0, 0.05) is 26.6 Å². The topological polar surface area (TPSA) is 140 Å². The van der Waals surface area contributed by atoms with Crippen LogP contribution in [0.3, 0.4) is 0 Å². The van der Waals surface area contributed by atoms with Gasteiger partial charge in [-0.15, -0.1) is 0 Å². The van der Waals surface area contributed by atoms with Crippen molar-refractivity contribution in [1.29, 1.82) is 0 Å². The van der Waals surface area contributed by atoms with Crippen molar-refractivity contribution in [2.45, 2.75) is 58.4 Å². The SMILES string of the molecule is CC(C)C1NCCOc2ccccc2CC(O)CNC(=O)CNC(=O)C(C(C)O)N(C)C1=O.Cc1cccc(F)c1. The minimum Gasteiger partial charge on any atom is -0.492 e. The van der Waals surface area contributed by atoms with Crippen LogP contribution >= 0.6 is 0 Å². The predicted molar refractivity (Wildman–Crippen MR) is 154 cm³/mol. The molecule has 4 atom stereocenters. The molecule has 0 fully saturated rings. The maximum Gasteiger partial charge on any atom is 0.245 e. The van der Waals surface area contributed by atoms with Crippen LogP contribution < -0.4 is 20.7 Å². The zero-order valence-electron chi connectivity index (χ0n) is 24.4.